The van der Waals surface area contributed by atoms with Crippen LogP contribution in [-0.2, 0) is 0 Å². The number of hydrogen-bond donors (Lipinski definition) is 1. The molecule has 0 unspecified atom stereocenters. The zero-order valence-electron chi connectivity index (χ0n) is 7.24. The van der Waals surface area contributed by atoms with Crippen LogP contribution in [0.4, 0.5) is 0 Å². The molecule has 3 nitrogen and oxygen atoms in total. The van der Waals surface area contributed by atoms with Gasteiger partial charge in [-0.2, -0.15) is 0 Å². The quantitative estimate of drug-likeness (QED) is 0.852. The molecule has 0 aliphatic rings. The first-order chi connectivity index (χ1) is 5.72. The van der Waals surface area contributed by atoms with Crippen LogP contribution in [0.1, 0.15) is 6.92 Å². The predicted octanol–water partition coefficient (Wildman–Crippen LogP) is 1.99. The van der Waals surface area contributed by atoms with Gasteiger partial charge in [0.15, 0.2) is 0 Å². The molecule has 0 bridgehead atoms. The van der Waals surface area contributed by atoms with Crippen LogP contribution in [0.5, 0.6) is 5.88 Å². The summed E-state index contributed by atoms with van der Waals surface area (Å²) in [5.41, 5.74) is 5.39. The van der Waals surface area contributed by atoms with E-state index in [4.69, 9.17) is 10.5 Å². The fraction of sp³-hybridized carbons (Fsp3) is 0.375. The van der Waals surface area contributed by atoms with Gasteiger partial charge in [0.25, 0.3) is 0 Å². The van der Waals surface area contributed by atoms with Gasteiger partial charge in [-0.25, -0.2) is 4.98 Å². The molecule has 1 atom stereocenters. The molecule has 13 heavy (non-hydrogen) atoms. The number of ether oxygens (including phenoxy) is 1. The Kier molecular flexibility index (Phi) is 6.03. The van der Waals surface area contributed by atoms with Gasteiger partial charge in [-0.05, 0) is 28.9 Å². The van der Waals surface area contributed by atoms with E-state index >= 15 is 0 Å². The van der Waals surface area contributed by atoms with Gasteiger partial charge >= 0.3 is 0 Å². The highest BCUT2D eigenvalue weighted by atomic mass is 79.9. The Morgan fingerprint density at radius 1 is 1.62 bits per heavy atom. The number of halogens is 2. The lowest BCUT2D eigenvalue weighted by atomic mass is 10.4. The molecule has 0 radical (unpaired) electrons. The summed E-state index contributed by atoms with van der Waals surface area (Å²) in [4.78, 5) is 4.10. The van der Waals surface area contributed by atoms with Gasteiger partial charge in [0, 0.05) is 12.6 Å². The Morgan fingerprint density at radius 3 is 2.85 bits per heavy atom. The number of hydrogen-bond acceptors (Lipinski definition) is 3. The predicted molar refractivity (Wildman–Crippen MR) is 58.3 cm³/mol. The lowest BCUT2D eigenvalue weighted by Crippen LogP contribution is -2.23. The summed E-state index contributed by atoms with van der Waals surface area (Å²) in [5, 5.41) is 0. The summed E-state index contributed by atoms with van der Waals surface area (Å²) < 4.78 is 6.15. The second kappa shape index (κ2) is 6.18. The van der Waals surface area contributed by atoms with E-state index in [9.17, 15) is 0 Å². The molecule has 74 valence electrons. The Hall–Kier alpha value is -0.320. The molecular formula is C8H12BrClN2O. The number of pyridine rings is 1. The van der Waals surface area contributed by atoms with Gasteiger partial charge < -0.3 is 10.5 Å². The highest BCUT2D eigenvalue weighted by Gasteiger charge is 2.01. The van der Waals surface area contributed by atoms with E-state index in [1.807, 2.05) is 19.1 Å². The smallest absolute Gasteiger partial charge is 0.214 e. The molecule has 0 aromatic carbocycles. The highest BCUT2D eigenvalue weighted by molar-refractivity contribution is 9.10. The van der Waals surface area contributed by atoms with Crippen molar-refractivity contribution < 1.29 is 4.74 Å². The minimum absolute atomic E-state index is 0. The SMILES string of the molecule is C[C@@H](CN)Oc1cccc(Br)n1.Cl. The van der Waals surface area contributed by atoms with Crippen LogP contribution in [-0.4, -0.2) is 17.6 Å². The van der Waals surface area contributed by atoms with Crippen molar-refractivity contribution in [3.8, 4) is 5.88 Å². The van der Waals surface area contributed by atoms with Gasteiger partial charge in [-0.15, -0.1) is 12.4 Å². The van der Waals surface area contributed by atoms with Gasteiger partial charge in [-0.3, -0.25) is 0 Å². The maximum absolute atomic E-state index is 5.39. The second-order valence-corrected chi connectivity index (χ2v) is 3.28. The van der Waals surface area contributed by atoms with Crippen molar-refractivity contribution >= 4 is 28.3 Å². The van der Waals surface area contributed by atoms with Crippen LogP contribution in [0.25, 0.3) is 0 Å². The third-order valence-corrected chi connectivity index (χ3v) is 1.79. The molecule has 1 rings (SSSR count). The first-order valence-electron chi connectivity index (χ1n) is 3.71. The Labute approximate surface area is 92.2 Å². The lowest BCUT2D eigenvalue weighted by molar-refractivity contribution is 0.220. The summed E-state index contributed by atoms with van der Waals surface area (Å²) in [6.07, 6.45) is 0.00630. The Bertz CT molecular complexity index is 260. The van der Waals surface area contributed by atoms with E-state index in [2.05, 4.69) is 20.9 Å². The molecule has 1 aromatic heterocycles. The molecule has 2 N–H and O–H groups in total. The van der Waals surface area contributed by atoms with Crippen molar-refractivity contribution in [1.29, 1.82) is 0 Å². The standard InChI is InChI=1S/C8H11BrN2O.ClH/c1-6(5-10)12-8-4-2-3-7(9)11-8;/h2-4,6H,5,10H2,1H3;1H/t6-;/m0./s1. The van der Waals surface area contributed by atoms with Crippen molar-refractivity contribution in [2.45, 2.75) is 13.0 Å². The van der Waals surface area contributed by atoms with Crippen molar-refractivity contribution in [3.63, 3.8) is 0 Å². The molecule has 1 heterocycles. The molecule has 0 aliphatic heterocycles. The van der Waals surface area contributed by atoms with Crippen LogP contribution in [0.15, 0.2) is 22.8 Å². The summed E-state index contributed by atoms with van der Waals surface area (Å²) in [5.74, 6) is 0.599. The normalized spacial score (nSPS) is 11.6. The summed E-state index contributed by atoms with van der Waals surface area (Å²) in [6, 6.07) is 5.52. The maximum Gasteiger partial charge on any atom is 0.214 e. The molecule has 0 fully saturated rings. The average molecular weight is 268 g/mol. The fourth-order valence-electron chi connectivity index (χ4n) is 0.710. The van der Waals surface area contributed by atoms with Crippen molar-refractivity contribution in [2.24, 2.45) is 5.73 Å². The molecule has 0 amide bonds. The topological polar surface area (TPSA) is 48.1 Å². The van der Waals surface area contributed by atoms with E-state index < -0.39 is 0 Å². The van der Waals surface area contributed by atoms with Crippen LogP contribution in [0, 0.1) is 0 Å². The van der Waals surface area contributed by atoms with E-state index in [0.29, 0.717) is 12.4 Å². The van der Waals surface area contributed by atoms with Crippen LogP contribution in [0.2, 0.25) is 0 Å². The molecule has 1 aromatic rings. The van der Waals surface area contributed by atoms with E-state index in [1.54, 1.807) is 6.07 Å². The minimum Gasteiger partial charge on any atom is -0.473 e. The summed E-state index contributed by atoms with van der Waals surface area (Å²) >= 11 is 3.25. The first-order valence-corrected chi connectivity index (χ1v) is 4.51. The van der Waals surface area contributed by atoms with E-state index in [1.165, 1.54) is 0 Å². The first kappa shape index (κ1) is 12.7. The molecule has 5 heteroatoms. The van der Waals surface area contributed by atoms with Crippen molar-refractivity contribution in [3.05, 3.63) is 22.8 Å². The summed E-state index contributed by atoms with van der Waals surface area (Å²) in [6.45, 7) is 2.40. The lowest BCUT2D eigenvalue weighted by Gasteiger charge is -2.10. The summed E-state index contributed by atoms with van der Waals surface area (Å²) in [7, 11) is 0. The van der Waals surface area contributed by atoms with E-state index in [-0.39, 0.29) is 18.5 Å². The number of nitrogens with two attached hydrogens (primary N) is 1. The zero-order valence-corrected chi connectivity index (χ0v) is 9.64. The Balaban J connectivity index is 0.00000144. The monoisotopic (exact) mass is 266 g/mol. The third kappa shape index (κ3) is 4.45. The minimum atomic E-state index is 0. The van der Waals surface area contributed by atoms with Crippen molar-refractivity contribution in [2.75, 3.05) is 6.54 Å². The highest BCUT2D eigenvalue weighted by Crippen LogP contribution is 2.12. The van der Waals surface area contributed by atoms with Crippen molar-refractivity contribution in [1.82, 2.24) is 4.98 Å². The molecule has 0 spiro atoms. The van der Waals surface area contributed by atoms with Crippen LogP contribution < -0.4 is 10.5 Å². The second-order valence-electron chi connectivity index (χ2n) is 2.46. The number of nitrogens with zero attached hydrogens (tertiary/aromatic N) is 1. The van der Waals surface area contributed by atoms with Gasteiger partial charge in [0.05, 0.1) is 0 Å². The largest absolute Gasteiger partial charge is 0.473 e. The van der Waals surface area contributed by atoms with Gasteiger partial charge in [0.1, 0.15) is 10.7 Å². The third-order valence-electron chi connectivity index (χ3n) is 1.34. The molecular weight excluding hydrogens is 255 g/mol. The fourth-order valence-corrected chi connectivity index (χ4v) is 1.04. The van der Waals surface area contributed by atoms with Gasteiger partial charge in [0.2, 0.25) is 5.88 Å². The number of aromatic nitrogens is 1. The molecule has 0 aliphatic carbocycles. The molecule has 0 saturated heterocycles. The number of rotatable bonds is 3. The Morgan fingerprint density at radius 2 is 2.31 bits per heavy atom. The van der Waals surface area contributed by atoms with E-state index in [0.717, 1.165) is 4.60 Å². The van der Waals surface area contributed by atoms with Gasteiger partial charge in [-0.1, -0.05) is 6.07 Å². The molecule has 0 saturated carbocycles. The van der Waals surface area contributed by atoms with Crippen LogP contribution in [0.3, 0.4) is 0 Å². The average Bonchev–Trinajstić information content (AvgIpc) is 2.04. The zero-order chi connectivity index (χ0) is 8.97. The maximum atomic E-state index is 5.39. The van der Waals surface area contributed by atoms with Crippen LogP contribution >= 0.6 is 28.3 Å².